The predicted molar refractivity (Wildman–Crippen MR) is 86.8 cm³/mol. The number of Topliss-reactive ketones (excluding diaryl/α,β-unsaturated/α-hetero) is 2. The third kappa shape index (κ3) is 2.34. The first kappa shape index (κ1) is 16.7. The molecule has 1 aromatic rings. The molecule has 3 rings (SSSR count). The predicted octanol–water partition coefficient (Wildman–Crippen LogP) is 2.00. The Hall–Kier alpha value is -2.15. The van der Waals surface area contributed by atoms with Crippen molar-refractivity contribution >= 4 is 27.2 Å². The van der Waals surface area contributed by atoms with Crippen molar-refractivity contribution in [3.05, 3.63) is 28.8 Å². The summed E-state index contributed by atoms with van der Waals surface area (Å²) < 4.78 is 29.9. The highest BCUT2D eigenvalue weighted by Crippen LogP contribution is 2.41. The van der Waals surface area contributed by atoms with Crippen LogP contribution in [-0.4, -0.2) is 37.5 Å². The van der Waals surface area contributed by atoms with E-state index in [1.54, 1.807) is 6.92 Å². The van der Waals surface area contributed by atoms with Gasteiger partial charge in [0.25, 0.3) is 0 Å². The average molecular weight is 350 g/mol. The van der Waals surface area contributed by atoms with E-state index < -0.39 is 32.4 Å². The number of ketones is 2. The van der Waals surface area contributed by atoms with E-state index in [1.807, 2.05) is 0 Å². The van der Waals surface area contributed by atoms with Gasteiger partial charge in [-0.2, -0.15) is 0 Å². The molecule has 128 valence electrons. The van der Waals surface area contributed by atoms with Gasteiger partial charge in [0, 0.05) is 18.4 Å². The lowest BCUT2D eigenvalue weighted by Gasteiger charge is -2.17. The average Bonchev–Trinajstić information content (AvgIpc) is 2.76. The van der Waals surface area contributed by atoms with Crippen molar-refractivity contribution < 1.29 is 27.9 Å². The van der Waals surface area contributed by atoms with Gasteiger partial charge in [-0.1, -0.05) is 0 Å². The number of methoxy groups -OCH3 is 1. The van der Waals surface area contributed by atoms with Crippen molar-refractivity contribution in [3.63, 3.8) is 0 Å². The molecular formula is C17H18O6S. The Balaban J connectivity index is 2.23. The zero-order valence-electron chi connectivity index (χ0n) is 13.5. The molecule has 1 N–H and O–H groups in total. The summed E-state index contributed by atoms with van der Waals surface area (Å²) in [6.07, 6.45) is 1.16. The molecule has 1 unspecified atom stereocenters. The van der Waals surface area contributed by atoms with Gasteiger partial charge in [0.15, 0.2) is 21.4 Å². The summed E-state index contributed by atoms with van der Waals surface area (Å²) in [5.41, 5.74) is 0.443. The van der Waals surface area contributed by atoms with Crippen LogP contribution >= 0.6 is 0 Å². The number of carbonyl (C=O) groups excluding carboxylic acids is 2. The van der Waals surface area contributed by atoms with Crippen LogP contribution in [0.2, 0.25) is 0 Å². The first-order valence-corrected chi connectivity index (χ1v) is 9.27. The number of hydrogen-bond donors (Lipinski definition) is 1. The Kier molecular flexibility index (Phi) is 3.99. The lowest BCUT2D eigenvalue weighted by Crippen LogP contribution is -2.20. The van der Waals surface area contributed by atoms with E-state index in [0.717, 1.165) is 0 Å². The Morgan fingerprint density at radius 2 is 1.83 bits per heavy atom. The van der Waals surface area contributed by atoms with Gasteiger partial charge in [-0.3, -0.25) is 9.59 Å². The molecule has 0 amide bonds. The van der Waals surface area contributed by atoms with Crippen molar-refractivity contribution in [1.29, 1.82) is 0 Å². The normalized spacial score (nSPS) is 22.4. The second-order valence-electron chi connectivity index (χ2n) is 6.11. The third-order valence-corrected chi connectivity index (χ3v) is 6.83. The zero-order valence-corrected chi connectivity index (χ0v) is 14.3. The van der Waals surface area contributed by atoms with Gasteiger partial charge >= 0.3 is 0 Å². The number of fused-ring (bicyclic) bond motifs is 1. The minimum atomic E-state index is -3.42. The summed E-state index contributed by atoms with van der Waals surface area (Å²) in [7, 11) is -2.05. The second-order valence-corrected chi connectivity index (χ2v) is 8.44. The summed E-state index contributed by atoms with van der Waals surface area (Å²) in [6, 6.07) is 2.80. The van der Waals surface area contributed by atoms with Gasteiger partial charge in [-0.05, 0) is 31.9 Å². The molecule has 2 aliphatic rings. The Morgan fingerprint density at radius 1 is 1.21 bits per heavy atom. The topological polar surface area (TPSA) is 97.7 Å². The van der Waals surface area contributed by atoms with Gasteiger partial charge in [0.05, 0.1) is 22.8 Å². The van der Waals surface area contributed by atoms with E-state index in [-0.39, 0.29) is 41.0 Å². The van der Waals surface area contributed by atoms with Gasteiger partial charge in [-0.15, -0.1) is 0 Å². The molecule has 1 atom stereocenters. The number of allylic oxidation sites excluding steroid dienone is 1. The highest BCUT2D eigenvalue weighted by Gasteiger charge is 2.38. The highest BCUT2D eigenvalue weighted by molar-refractivity contribution is 7.92. The number of aliphatic hydroxyl groups is 1. The van der Waals surface area contributed by atoms with E-state index in [0.29, 0.717) is 12.0 Å². The van der Waals surface area contributed by atoms with Crippen molar-refractivity contribution in [2.45, 2.75) is 42.8 Å². The molecule has 1 aromatic carbocycles. The smallest absolute Gasteiger partial charge is 0.181 e. The quantitative estimate of drug-likeness (QED) is 0.498. The molecule has 0 bridgehead atoms. The van der Waals surface area contributed by atoms with Crippen LogP contribution < -0.4 is 4.74 Å². The first-order chi connectivity index (χ1) is 11.3. The molecule has 1 saturated carbocycles. The van der Waals surface area contributed by atoms with Crippen LogP contribution in [-0.2, 0) is 25.8 Å². The summed E-state index contributed by atoms with van der Waals surface area (Å²) in [5, 5.41) is 9.95. The van der Waals surface area contributed by atoms with E-state index >= 15 is 0 Å². The molecule has 0 aromatic heterocycles. The third-order valence-electron chi connectivity index (χ3n) is 4.61. The zero-order chi connectivity index (χ0) is 17.6. The van der Waals surface area contributed by atoms with E-state index in [1.165, 1.54) is 19.2 Å². The fraction of sp³-hybridized carbons (Fsp3) is 0.412. The maximum atomic E-state index is 12.3. The molecule has 1 heterocycles. The second kappa shape index (κ2) is 5.73. The number of hydrogen-bond acceptors (Lipinski definition) is 6. The number of ether oxygens (including phenoxy) is 1. The SMILES string of the molecule is COc1c(C(O)=C2C(=O)CCCC2=O)ccc2c1CC(C)S2(=O)=O. The van der Waals surface area contributed by atoms with E-state index in [2.05, 4.69) is 0 Å². The van der Waals surface area contributed by atoms with Gasteiger partial charge < -0.3 is 9.84 Å². The molecule has 0 saturated heterocycles. The summed E-state index contributed by atoms with van der Waals surface area (Å²) in [5.74, 6) is -1.02. The molecule has 24 heavy (non-hydrogen) atoms. The van der Waals surface area contributed by atoms with Crippen molar-refractivity contribution in [1.82, 2.24) is 0 Å². The maximum absolute atomic E-state index is 12.3. The monoisotopic (exact) mass is 350 g/mol. The maximum Gasteiger partial charge on any atom is 0.181 e. The lowest BCUT2D eigenvalue weighted by molar-refractivity contribution is -0.123. The first-order valence-electron chi connectivity index (χ1n) is 7.72. The fourth-order valence-electron chi connectivity index (χ4n) is 3.32. The van der Waals surface area contributed by atoms with Crippen LogP contribution in [0.3, 0.4) is 0 Å². The Labute approximate surface area is 140 Å². The van der Waals surface area contributed by atoms with Crippen LogP contribution in [0.25, 0.3) is 5.76 Å². The Bertz CT molecular complexity index is 861. The highest BCUT2D eigenvalue weighted by atomic mass is 32.2. The number of aliphatic hydroxyl groups excluding tert-OH is 1. The molecule has 0 radical (unpaired) electrons. The van der Waals surface area contributed by atoms with Crippen molar-refractivity contribution in [2.75, 3.05) is 7.11 Å². The molecular weight excluding hydrogens is 332 g/mol. The lowest BCUT2D eigenvalue weighted by atomic mass is 9.89. The Morgan fingerprint density at radius 3 is 2.42 bits per heavy atom. The van der Waals surface area contributed by atoms with Gasteiger partial charge in [0.1, 0.15) is 17.1 Å². The molecule has 7 heteroatoms. The van der Waals surface area contributed by atoms with Crippen LogP contribution in [0.4, 0.5) is 0 Å². The number of benzene rings is 1. The van der Waals surface area contributed by atoms with E-state index in [9.17, 15) is 23.1 Å². The summed E-state index contributed by atoms with van der Waals surface area (Å²) >= 11 is 0. The summed E-state index contributed by atoms with van der Waals surface area (Å²) in [4.78, 5) is 24.2. The molecule has 1 aliphatic heterocycles. The minimum absolute atomic E-state index is 0.176. The number of rotatable bonds is 2. The van der Waals surface area contributed by atoms with Crippen molar-refractivity contribution in [3.8, 4) is 5.75 Å². The standard InChI is InChI=1S/C17H18O6S/c1-9-8-11-14(24(9,21)22)7-6-10(17(11)23-2)16(20)15-12(18)4-3-5-13(15)19/h6-7,9,20H,3-5,8H2,1-2H3. The summed E-state index contributed by atoms with van der Waals surface area (Å²) in [6.45, 7) is 1.61. The fourth-order valence-corrected chi connectivity index (χ4v) is 4.91. The van der Waals surface area contributed by atoms with Crippen LogP contribution in [0.1, 0.15) is 37.3 Å². The van der Waals surface area contributed by atoms with Gasteiger partial charge in [0.2, 0.25) is 0 Å². The molecule has 1 fully saturated rings. The largest absolute Gasteiger partial charge is 0.506 e. The molecule has 1 aliphatic carbocycles. The van der Waals surface area contributed by atoms with Gasteiger partial charge in [-0.25, -0.2) is 8.42 Å². The van der Waals surface area contributed by atoms with Crippen molar-refractivity contribution in [2.24, 2.45) is 0 Å². The van der Waals surface area contributed by atoms with Crippen LogP contribution in [0, 0.1) is 0 Å². The van der Waals surface area contributed by atoms with Crippen LogP contribution in [0.15, 0.2) is 22.6 Å². The molecule has 0 spiro atoms. The minimum Gasteiger partial charge on any atom is -0.506 e. The van der Waals surface area contributed by atoms with Crippen LogP contribution in [0.5, 0.6) is 5.75 Å². The number of sulfone groups is 1. The van der Waals surface area contributed by atoms with E-state index in [4.69, 9.17) is 4.74 Å². The molecule has 6 nitrogen and oxygen atoms in total. The number of carbonyl (C=O) groups is 2.